The van der Waals surface area contributed by atoms with Gasteiger partial charge in [0.25, 0.3) is 7.12 Å². The fourth-order valence-corrected chi connectivity index (χ4v) is 4.29. The van der Waals surface area contributed by atoms with E-state index in [9.17, 15) is 0 Å². The zero-order valence-corrected chi connectivity index (χ0v) is 16.5. The molecule has 5 heteroatoms. The first-order valence-corrected chi connectivity index (χ1v) is 8.88. The SMILES string of the molecule is CC1(C)OB([C-]2C[C-](c3cccs3)[C@@H]2C2CC2)OC1(C)C.[Dy]. The standard InChI is InChI=1S/C17H23BO2S.Dy/c1-16(2)17(3,4)20-18(19-16)13-10-12(14-6-5-9-21-14)15(13)11-7-8-11;/h5-6,9,11,15H,7-8,10H2,1-4H3;/q-2;/t15-;/m0./s1. The molecule has 1 aromatic rings. The smallest absolute Gasteiger partial charge is 0.277 e. The van der Waals surface area contributed by atoms with Crippen LogP contribution in [0, 0.1) is 61.7 Å². The van der Waals surface area contributed by atoms with Gasteiger partial charge in [-0.3, -0.25) is 11.7 Å². The largest absolute Gasteiger partial charge is 0.429 e. The number of hydrogen-bond acceptors (Lipinski definition) is 3. The van der Waals surface area contributed by atoms with E-state index >= 15 is 0 Å². The van der Waals surface area contributed by atoms with Crippen LogP contribution in [0.5, 0.6) is 0 Å². The maximum atomic E-state index is 6.27. The average molecular weight is 465 g/mol. The van der Waals surface area contributed by atoms with E-state index in [1.807, 2.05) is 11.3 Å². The van der Waals surface area contributed by atoms with Crippen molar-refractivity contribution < 1.29 is 47.5 Å². The van der Waals surface area contributed by atoms with Crippen molar-refractivity contribution in [2.24, 2.45) is 11.8 Å². The Bertz CT molecular complexity index is 511. The Morgan fingerprint density at radius 2 is 1.82 bits per heavy atom. The molecule has 0 bridgehead atoms. The van der Waals surface area contributed by atoms with Crippen molar-refractivity contribution in [3.63, 3.8) is 0 Å². The van der Waals surface area contributed by atoms with Gasteiger partial charge in [-0.1, -0.05) is 18.8 Å². The summed E-state index contributed by atoms with van der Waals surface area (Å²) in [6.45, 7) is 8.56. The number of rotatable bonds is 3. The molecule has 0 amide bonds. The second-order valence-electron chi connectivity index (χ2n) is 7.66. The van der Waals surface area contributed by atoms with Crippen LogP contribution < -0.4 is 0 Å². The molecule has 0 spiro atoms. The van der Waals surface area contributed by atoms with Crippen LogP contribution in [-0.2, 0) is 9.31 Å². The van der Waals surface area contributed by atoms with Crippen molar-refractivity contribution >= 4 is 18.5 Å². The molecule has 0 N–H and O–H groups in total. The van der Waals surface area contributed by atoms with E-state index in [1.54, 1.807) is 5.92 Å². The fraction of sp³-hybridized carbons (Fsp3) is 0.647. The van der Waals surface area contributed by atoms with Crippen molar-refractivity contribution in [3.8, 4) is 0 Å². The summed E-state index contributed by atoms with van der Waals surface area (Å²) in [7, 11) is -0.107. The van der Waals surface area contributed by atoms with Crippen LogP contribution in [0.25, 0.3) is 0 Å². The van der Waals surface area contributed by atoms with Gasteiger partial charge in [0.15, 0.2) is 0 Å². The van der Waals surface area contributed by atoms with Crippen molar-refractivity contribution in [2.45, 2.75) is 58.2 Å². The maximum Gasteiger partial charge on any atom is 0.277 e. The van der Waals surface area contributed by atoms with Gasteiger partial charge in [-0.15, -0.1) is 10.9 Å². The quantitative estimate of drug-likeness (QED) is 0.490. The Kier molecular flexibility index (Phi) is 4.79. The minimum atomic E-state index is -0.225. The summed E-state index contributed by atoms with van der Waals surface area (Å²) in [4.78, 5) is 1.46. The van der Waals surface area contributed by atoms with Gasteiger partial charge in [-0.05, 0) is 33.1 Å². The van der Waals surface area contributed by atoms with Crippen LogP contribution in [-0.4, -0.2) is 18.3 Å². The van der Waals surface area contributed by atoms with Crippen molar-refractivity contribution in [3.05, 3.63) is 34.1 Å². The monoisotopic (exact) mass is 466 g/mol. The Morgan fingerprint density at radius 3 is 2.32 bits per heavy atom. The summed E-state index contributed by atoms with van der Waals surface area (Å²) in [6.07, 6.45) is 3.80. The van der Waals surface area contributed by atoms with E-state index in [4.69, 9.17) is 9.31 Å². The van der Waals surface area contributed by atoms with E-state index < -0.39 is 0 Å². The van der Waals surface area contributed by atoms with Crippen molar-refractivity contribution in [2.75, 3.05) is 0 Å². The minimum absolute atomic E-state index is 0. The van der Waals surface area contributed by atoms with Gasteiger partial charge in [-0.25, -0.2) is 12.3 Å². The summed E-state index contributed by atoms with van der Waals surface area (Å²) >= 11 is 1.87. The van der Waals surface area contributed by atoms with Crippen molar-refractivity contribution in [1.82, 2.24) is 0 Å². The van der Waals surface area contributed by atoms with E-state index in [-0.39, 0.29) is 56.5 Å². The number of hydrogen-bond donors (Lipinski definition) is 0. The van der Waals surface area contributed by atoms with E-state index in [2.05, 4.69) is 45.2 Å². The molecule has 3 aliphatic rings. The molecule has 22 heavy (non-hydrogen) atoms. The minimum Gasteiger partial charge on any atom is -0.429 e. The molecule has 0 aromatic carbocycles. The molecule has 2 aliphatic carbocycles. The fourth-order valence-electron chi connectivity index (χ4n) is 3.48. The molecule has 1 saturated heterocycles. The Morgan fingerprint density at radius 1 is 1.18 bits per heavy atom. The van der Waals surface area contributed by atoms with Crippen LogP contribution in [0.2, 0.25) is 0 Å². The normalized spacial score (nSPS) is 30.1. The van der Waals surface area contributed by atoms with Crippen LogP contribution in [0.15, 0.2) is 17.5 Å². The molecule has 2 saturated carbocycles. The van der Waals surface area contributed by atoms with Gasteiger partial charge in [-0.2, -0.15) is 17.4 Å². The average Bonchev–Trinajstić information content (AvgIpc) is 2.95. The van der Waals surface area contributed by atoms with Gasteiger partial charge in [0.2, 0.25) is 0 Å². The molecule has 0 unspecified atom stereocenters. The number of thiophene rings is 1. The molecular weight excluding hydrogens is 442 g/mol. The van der Waals surface area contributed by atoms with Gasteiger partial charge in [0.05, 0.1) is 11.2 Å². The van der Waals surface area contributed by atoms with E-state index in [0.29, 0.717) is 5.92 Å². The third kappa shape index (κ3) is 2.83. The molecule has 3 fully saturated rings. The summed E-state index contributed by atoms with van der Waals surface area (Å²) in [5.41, 5.74) is -0.449. The van der Waals surface area contributed by atoms with Crippen LogP contribution >= 0.6 is 11.3 Å². The van der Waals surface area contributed by atoms with Gasteiger partial charge in [0, 0.05) is 38.2 Å². The zero-order valence-electron chi connectivity index (χ0n) is 13.6. The molecule has 2 nitrogen and oxygen atoms in total. The molecule has 1 aromatic heterocycles. The predicted molar refractivity (Wildman–Crippen MR) is 86.8 cm³/mol. The topological polar surface area (TPSA) is 18.5 Å². The molecule has 4 rings (SSSR count). The summed E-state index contributed by atoms with van der Waals surface area (Å²) < 4.78 is 12.5. The van der Waals surface area contributed by atoms with Crippen LogP contribution in [0.1, 0.15) is 51.8 Å². The van der Waals surface area contributed by atoms with Crippen LogP contribution in [0.4, 0.5) is 0 Å². The van der Waals surface area contributed by atoms with Gasteiger partial charge < -0.3 is 9.31 Å². The summed E-state index contributed by atoms with van der Waals surface area (Å²) in [6, 6.07) is 4.42. The van der Waals surface area contributed by atoms with E-state index in [1.165, 1.54) is 23.5 Å². The van der Waals surface area contributed by atoms with Crippen LogP contribution in [0.3, 0.4) is 0 Å². The van der Waals surface area contributed by atoms with Gasteiger partial charge >= 0.3 is 0 Å². The molecule has 1 aliphatic heterocycles. The van der Waals surface area contributed by atoms with Gasteiger partial charge in [0.1, 0.15) is 0 Å². The molecule has 1 atom stereocenters. The first-order chi connectivity index (χ1) is 9.89. The molecular formula is C17H23BDyO2S-2. The first kappa shape index (κ1) is 17.6. The Labute approximate surface area is 168 Å². The Balaban J connectivity index is 0.00000144. The van der Waals surface area contributed by atoms with E-state index in [0.717, 1.165) is 12.3 Å². The summed E-state index contributed by atoms with van der Waals surface area (Å²) in [5, 5.41) is 2.18. The Hall–Kier alpha value is 0.828. The van der Waals surface area contributed by atoms with Crippen molar-refractivity contribution in [1.29, 1.82) is 0 Å². The predicted octanol–water partition coefficient (Wildman–Crippen LogP) is 4.31. The second kappa shape index (κ2) is 5.97. The maximum absolute atomic E-state index is 6.27. The summed E-state index contributed by atoms with van der Waals surface area (Å²) in [5.74, 6) is 4.56. The third-order valence-electron chi connectivity index (χ3n) is 5.66. The zero-order chi connectivity index (χ0) is 14.8. The first-order valence-electron chi connectivity index (χ1n) is 8.00. The molecule has 0 radical (unpaired) electrons. The molecule has 124 valence electrons. The molecule has 2 heterocycles. The third-order valence-corrected chi connectivity index (χ3v) is 6.60. The second-order valence-corrected chi connectivity index (χ2v) is 8.61.